The molecule has 0 saturated heterocycles. The number of hydrogen-bond acceptors (Lipinski definition) is 4. The number of amides is 2. The number of likely N-dealkylation sites (N-methyl/N-ethyl adjacent to an activating group) is 1. The molecule has 7 heteroatoms. The minimum absolute atomic E-state index is 0.0264. The van der Waals surface area contributed by atoms with Crippen LogP contribution in [-0.2, 0) is 10.3 Å². The first kappa shape index (κ1) is 20.5. The van der Waals surface area contributed by atoms with Crippen molar-refractivity contribution < 1.29 is 14.0 Å². The molecule has 3 aromatic rings. The van der Waals surface area contributed by atoms with Gasteiger partial charge in [-0.1, -0.05) is 49.1 Å². The standard InChI is InChI=1S/C26H23ClN2O4/c1-2-28-19-11-7-6-10-18(19)26(25(28)32)21-22(30)17-14-15(27)12-13-20(17)33-23(21)24(31)29(26)16-8-4-3-5-9-16/h6-7,10-14,16H,2-5,8-9H2,1H3. The van der Waals surface area contributed by atoms with Crippen LogP contribution in [0.3, 0.4) is 0 Å². The minimum atomic E-state index is -1.52. The normalized spacial score (nSPS) is 22.5. The molecule has 0 bridgehead atoms. The average molecular weight is 463 g/mol. The fourth-order valence-corrected chi connectivity index (χ4v) is 6.20. The van der Waals surface area contributed by atoms with Crippen molar-refractivity contribution in [1.82, 2.24) is 4.90 Å². The maximum Gasteiger partial charge on any atom is 0.291 e. The van der Waals surface area contributed by atoms with Crippen LogP contribution in [-0.4, -0.2) is 29.3 Å². The maximum absolute atomic E-state index is 14.3. The van der Waals surface area contributed by atoms with Crippen LogP contribution in [0.5, 0.6) is 0 Å². The van der Waals surface area contributed by atoms with Gasteiger partial charge in [-0.15, -0.1) is 0 Å². The number of hydrogen-bond donors (Lipinski definition) is 0. The highest BCUT2D eigenvalue weighted by molar-refractivity contribution is 6.31. The van der Waals surface area contributed by atoms with E-state index in [-0.39, 0.29) is 40.0 Å². The number of carbonyl (C=O) groups excluding carboxylic acids is 2. The number of halogens is 1. The molecule has 1 atom stereocenters. The van der Waals surface area contributed by atoms with Crippen molar-refractivity contribution in [3.05, 3.63) is 74.6 Å². The number of fused-ring (bicyclic) bond motifs is 5. The number of carbonyl (C=O) groups is 2. The molecule has 0 N–H and O–H groups in total. The number of benzene rings is 2. The summed E-state index contributed by atoms with van der Waals surface area (Å²) >= 11 is 6.19. The summed E-state index contributed by atoms with van der Waals surface area (Å²) in [7, 11) is 0. The van der Waals surface area contributed by atoms with Crippen LogP contribution < -0.4 is 10.3 Å². The van der Waals surface area contributed by atoms with Gasteiger partial charge in [0, 0.05) is 23.2 Å². The summed E-state index contributed by atoms with van der Waals surface area (Å²) in [5.41, 5.74) is -0.0655. The summed E-state index contributed by atoms with van der Waals surface area (Å²) in [6, 6.07) is 12.1. The van der Waals surface area contributed by atoms with Gasteiger partial charge in [0.25, 0.3) is 11.8 Å². The Morgan fingerprint density at radius 2 is 1.82 bits per heavy atom. The molecule has 1 fully saturated rings. The lowest BCUT2D eigenvalue weighted by Gasteiger charge is -2.41. The molecule has 6 nitrogen and oxygen atoms in total. The van der Waals surface area contributed by atoms with E-state index in [9.17, 15) is 14.4 Å². The van der Waals surface area contributed by atoms with Crippen molar-refractivity contribution in [2.75, 3.05) is 11.4 Å². The quantitative estimate of drug-likeness (QED) is 0.546. The Labute approximate surface area is 195 Å². The van der Waals surface area contributed by atoms with Gasteiger partial charge in [-0.3, -0.25) is 14.4 Å². The number of rotatable bonds is 2. The summed E-state index contributed by atoms with van der Waals surface area (Å²) in [4.78, 5) is 45.6. The zero-order chi connectivity index (χ0) is 22.9. The Balaban J connectivity index is 1.74. The molecule has 2 amide bonds. The van der Waals surface area contributed by atoms with Crippen LogP contribution in [0.4, 0.5) is 5.69 Å². The molecular weight excluding hydrogens is 440 g/mol. The van der Waals surface area contributed by atoms with Crippen LogP contribution in [0, 0.1) is 0 Å². The van der Waals surface area contributed by atoms with E-state index in [0.29, 0.717) is 22.7 Å². The average Bonchev–Trinajstić information content (AvgIpc) is 3.24. The molecule has 2 aliphatic heterocycles. The predicted molar refractivity (Wildman–Crippen MR) is 126 cm³/mol. The predicted octanol–water partition coefficient (Wildman–Crippen LogP) is 4.85. The van der Waals surface area contributed by atoms with E-state index in [4.69, 9.17) is 16.0 Å². The lowest BCUT2D eigenvalue weighted by molar-refractivity contribution is -0.127. The van der Waals surface area contributed by atoms with Gasteiger partial charge in [0.1, 0.15) is 5.58 Å². The minimum Gasteiger partial charge on any atom is -0.450 e. The largest absolute Gasteiger partial charge is 0.450 e. The fraction of sp³-hybridized carbons (Fsp3) is 0.346. The highest BCUT2D eigenvalue weighted by Crippen LogP contribution is 2.54. The Morgan fingerprint density at radius 1 is 1.06 bits per heavy atom. The zero-order valence-electron chi connectivity index (χ0n) is 18.3. The number of anilines is 1. The molecular formula is C26H23ClN2O4. The van der Waals surface area contributed by atoms with Crippen molar-refractivity contribution in [2.24, 2.45) is 0 Å². The van der Waals surface area contributed by atoms with Gasteiger partial charge in [-0.25, -0.2) is 0 Å². The van der Waals surface area contributed by atoms with E-state index >= 15 is 0 Å². The van der Waals surface area contributed by atoms with Crippen LogP contribution in [0.1, 0.15) is 60.7 Å². The van der Waals surface area contributed by atoms with Crippen molar-refractivity contribution in [3.63, 3.8) is 0 Å². The molecule has 0 radical (unpaired) electrons. The summed E-state index contributed by atoms with van der Waals surface area (Å²) in [5.74, 6) is -0.675. The molecule has 33 heavy (non-hydrogen) atoms. The van der Waals surface area contributed by atoms with Gasteiger partial charge in [0.05, 0.1) is 16.6 Å². The van der Waals surface area contributed by atoms with Gasteiger partial charge < -0.3 is 14.2 Å². The van der Waals surface area contributed by atoms with Crippen LogP contribution >= 0.6 is 11.6 Å². The third kappa shape index (κ3) is 2.53. The van der Waals surface area contributed by atoms with Crippen molar-refractivity contribution in [3.8, 4) is 0 Å². The molecule has 168 valence electrons. The van der Waals surface area contributed by atoms with Crippen molar-refractivity contribution >= 4 is 40.1 Å². The summed E-state index contributed by atoms with van der Waals surface area (Å²) in [6.07, 6.45) is 4.65. The van der Waals surface area contributed by atoms with Crippen molar-refractivity contribution in [2.45, 2.75) is 50.6 Å². The monoisotopic (exact) mass is 462 g/mol. The van der Waals surface area contributed by atoms with Gasteiger partial charge in [-0.2, -0.15) is 0 Å². The second-order valence-corrected chi connectivity index (χ2v) is 9.46. The van der Waals surface area contributed by atoms with E-state index in [1.165, 1.54) is 0 Å². The number of para-hydroxylation sites is 1. The van der Waals surface area contributed by atoms with Crippen molar-refractivity contribution in [1.29, 1.82) is 0 Å². The first-order chi connectivity index (χ1) is 16.0. The van der Waals surface area contributed by atoms with Gasteiger partial charge >= 0.3 is 0 Å². The smallest absolute Gasteiger partial charge is 0.291 e. The van der Waals surface area contributed by atoms with Crippen LogP contribution in [0.15, 0.2) is 51.7 Å². The highest BCUT2D eigenvalue weighted by Gasteiger charge is 2.66. The molecule has 1 aromatic heterocycles. The molecule has 3 heterocycles. The molecule has 6 rings (SSSR count). The number of nitrogens with zero attached hydrogens (tertiary/aromatic N) is 2. The van der Waals surface area contributed by atoms with Gasteiger partial charge in [-0.05, 0) is 44.0 Å². The van der Waals surface area contributed by atoms with E-state index in [1.54, 1.807) is 28.0 Å². The lowest BCUT2D eigenvalue weighted by atomic mass is 9.81. The first-order valence-electron chi connectivity index (χ1n) is 11.5. The second kappa shape index (κ2) is 7.19. The lowest BCUT2D eigenvalue weighted by Crippen LogP contribution is -2.57. The van der Waals surface area contributed by atoms with E-state index < -0.39 is 5.54 Å². The Bertz CT molecular complexity index is 1390. The van der Waals surface area contributed by atoms with E-state index in [2.05, 4.69) is 0 Å². The Morgan fingerprint density at radius 3 is 2.58 bits per heavy atom. The molecule has 1 unspecified atom stereocenters. The van der Waals surface area contributed by atoms with E-state index in [0.717, 1.165) is 37.8 Å². The molecule has 2 aromatic carbocycles. The van der Waals surface area contributed by atoms with Crippen LogP contribution in [0.2, 0.25) is 5.02 Å². The van der Waals surface area contributed by atoms with Gasteiger partial charge in [0.2, 0.25) is 5.76 Å². The third-order valence-corrected chi connectivity index (χ3v) is 7.62. The SMILES string of the molecule is CCN1C(=O)C2(c3ccccc31)c1c(oc3ccc(Cl)cc3c1=O)C(=O)N2C1CCCCC1. The summed E-state index contributed by atoms with van der Waals surface area (Å²) in [6.45, 7) is 2.34. The van der Waals surface area contributed by atoms with E-state index in [1.807, 2.05) is 31.2 Å². The topological polar surface area (TPSA) is 70.8 Å². The molecule has 1 saturated carbocycles. The summed E-state index contributed by atoms with van der Waals surface area (Å²) in [5, 5.41) is 0.671. The molecule has 3 aliphatic rings. The summed E-state index contributed by atoms with van der Waals surface area (Å²) < 4.78 is 6.07. The first-order valence-corrected chi connectivity index (χ1v) is 11.9. The highest BCUT2D eigenvalue weighted by atomic mass is 35.5. The maximum atomic E-state index is 14.3. The van der Waals surface area contributed by atoms with Gasteiger partial charge in [0.15, 0.2) is 11.0 Å². The second-order valence-electron chi connectivity index (χ2n) is 9.02. The molecule has 1 aliphatic carbocycles. The van der Waals surface area contributed by atoms with Crippen LogP contribution in [0.25, 0.3) is 11.0 Å². The zero-order valence-corrected chi connectivity index (χ0v) is 19.0. The Kier molecular flexibility index (Phi) is 4.46. The third-order valence-electron chi connectivity index (χ3n) is 7.38. The fourth-order valence-electron chi connectivity index (χ4n) is 6.03. The Hall–Kier alpha value is -3.12. The molecule has 1 spiro atoms.